The zero-order valence-electron chi connectivity index (χ0n) is 11.3. The predicted octanol–water partition coefficient (Wildman–Crippen LogP) is 1.12. The van der Waals surface area contributed by atoms with Crippen LogP contribution in [0.1, 0.15) is 40.5 Å². The fraction of sp³-hybridized carbons (Fsp3) is 0.917. The largest absolute Gasteiger partial charge is 0.396 e. The van der Waals surface area contributed by atoms with E-state index in [0.717, 1.165) is 12.2 Å². The summed E-state index contributed by atoms with van der Waals surface area (Å²) in [6, 6.07) is 0.229. The highest BCUT2D eigenvalue weighted by Gasteiger charge is 2.30. The molecule has 4 nitrogen and oxygen atoms in total. The van der Waals surface area contributed by atoms with Crippen molar-refractivity contribution in [1.82, 2.24) is 5.32 Å². The van der Waals surface area contributed by atoms with E-state index in [2.05, 4.69) is 12.2 Å². The molecule has 0 heterocycles. The van der Waals surface area contributed by atoms with Crippen LogP contribution in [0.3, 0.4) is 0 Å². The van der Waals surface area contributed by atoms with Crippen LogP contribution >= 0.6 is 11.8 Å². The molecule has 0 fully saturated rings. The van der Waals surface area contributed by atoms with E-state index in [1.54, 1.807) is 11.8 Å². The smallest absolute Gasteiger partial charge is 0.237 e. The molecule has 0 aromatic carbocycles. The molecule has 2 unspecified atom stereocenters. The van der Waals surface area contributed by atoms with Crippen LogP contribution < -0.4 is 11.1 Å². The number of aliphatic hydroxyl groups excluding tert-OH is 1. The van der Waals surface area contributed by atoms with Crippen molar-refractivity contribution in [2.75, 3.05) is 12.4 Å². The molecule has 0 aliphatic rings. The first-order valence-corrected chi connectivity index (χ1v) is 7.16. The maximum atomic E-state index is 11.5. The van der Waals surface area contributed by atoms with Crippen LogP contribution in [-0.2, 0) is 4.79 Å². The molecule has 0 radical (unpaired) electrons. The summed E-state index contributed by atoms with van der Waals surface area (Å²) >= 11 is 1.76. The minimum atomic E-state index is -0.639. The minimum absolute atomic E-state index is 0.214. The van der Waals surface area contributed by atoms with E-state index in [1.807, 2.05) is 20.8 Å². The summed E-state index contributed by atoms with van der Waals surface area (Å²) in [5, 5.41) is 12.4. The Morgan fingerprint density at radius 1 is 1.47 bits per heavy atom. The molecule has 102 valence electrons. The number of carbonyl (C=O) groups is 1. The summed E-state index contributed by atoms with van der Waals surface area (Å²) in [5.41, 5.74) is 4.81. The van der Waals surface area contributed by atoms with Crippen molar-refractivity contribution in [3.8, 4) is 0 Å². The summed E-state index contributed by atoms with van der Waals surface area (Å²) in [6.45, 7) is 8.15. The van der Waals surface area contributed by atoms with Crippen LogP contribution in [0.15, 0.2) is 0 Å². The van der Waals surface area contributed by atoms with Crippen LogP contribution in [0.2, 0.25) is 0 Å². The third-order valence-electron chi connectivity index (χ3n) is 2.69. The van der Waals surface area contributed by atoms with E-state index in [0.29, 0.717) is 11.7 Å². The normalized spacial score (nSPS) is 16.8. The molecule has 0 aliphatic heterocycles. The van der Waals surface area contributed by atoms with Crippen LogP contribution in [-0.4, -0.2) is 40.2 Å². The predicted molar refractivity (Wildman–Crippen MR) is 74.1 cm³/mol. The molecule has 2 atom stereocenters. The van der Waals surface area contributed by atoms with Crippen LogP contribution in [0, 0.1) is 0 Å². The highest BCUT2D eigenvalue weighted by atomic mass is 32.2. The number of nitrogens with two attached hydrogens (primary N) is 1. The van der Waals surface area contributed by atoms with Crippen molar-refractivity contribution in [3.05, 3.63) is 0 Å². The molecular weight excluding hydrogens is 236 g/mol. The Morgan fingerprint density at radius 2 is 2.06 bits per heavy atom. The first kappa shape index (κ1) is 16.7. The van der Waals surface area contributed by atoms with Crippen LogP contribution in [0.5, 0.6) is 0 Å². The Hall–Kier alpha value is -0.260. The number of hydrogen-bond donors (Lipinski definition) is 3. The molecule has 17 heavy (non-hydrogen) atoms. The lowest BCUT2D eigenvalue weighted by atomic mass is 9.97. The van der Waals surface area contributed by atoms with Gasteiger partial charge in [0.2, 0.25) is 5.91 Å². The van der Waals surface area contributed by atoms with E-state index >= 15 is 0 Å². The molecule has 0 aliphatic carbocycles. The Labute approximate surface area is 109 Å². The molecule has 1 amide bonds. The highest BCUT2D eigenvalue weighted by molar-refractivity contribution is 7.99. The molecule has 4 N–H and O–H groups in total. The maximum Gasteiger partial charge on any atom is 0.237 e. The van der Waals surface area contributed by atoms with Crippen LogP contribution in [0.4, 0.5) is 0 Å². The van der Waals surface area contributed by atoms with Gasteiger partial charge in [0.25, 0.3) is 0 Å². The molecule has 0 bridgehead atoms. The lowest BCUT2D eigenvalue weighted by Crippen LogP contribution is -2.55. The summed E-state index contributed by atoms with van der Waals surface area (Å²) < 4.78 is 0. The monoisotopic (exact) mass is 262 g/mol. The average molecular weight is 262 g/mol. The topological polar surface area (TPSA) is 75.3 Å². The number of primary amides is 1. The fourth-order valence-corrected chi connectivity index (χ4v) is 2.83. The highest BCUT2D eigenvalue weighted by Crippen LogP contribution is 2.20. The Kier molecular flexibility index (Phi) is 7.83. The van der Waals surface area contributed by atoms with Gasteiger partial charge in [-0.3, -0.25) is 4.79 Å². The van der Waals surface area contributed by atoms with Gasteiger partial charge in [0.05, 0.1) is 5.54 Å². The van der Waals surface area contributed by atoms with E-state index in [-0.39, 0.29) is 18.6 Å². The van der Waals surface area contributed by atoms with Crippen molar-refractivity contribution < 1.29 is 9.90 Å². The van der Waals surface area contributed by atoms with Gasteiger partial charge in [0, 0.05) is 17.9 Å². The molecule has 0 aromatic rings. The lowest BCUT2D eigenvalue weighted by Gasteiger charge is -2.30. The zero-order valence-corrected chi connectivity index (χ0v) is 12.1. The summed E-state index contributed by atoms with van der Waals surface area (Å²) in [7, 11) is 0. The SMILES string of the molecule is CC(C)NC(C)(CCSC(C)CCO)C(N)=O. The van der Waals surface area contributed by atoms with Crippen molar-refractivity contribution in [2.24, 2.45) is 5.73 Å². The first-order chi connectivity index (χ1) is 7.81. The first-order valence-electron chi connectivity index (χ1n) is 6.12. The van der Waals surface area contributed by atoms with Crippen molar-refractivity contribution in [3.63, 3.8) is 0 Å². The molecule has 0 rings (SSSR count). The Bertz CT molecular complexity index is 237. The zero-order chi connectivity index (χ0) is 13.5. The second-order valence-electron chi connectivity index (χ2n) is 4.94. The summed E-state index contributed by atoms with van der Waals surface area (Å²) in [4.78, 5) is 11.5. The van der Waals surface area contributed by atoms with Gasteiger partial charge in [-0.15, -0.1) is 0 Å². The maximum absolute atomic E-state index is 11.5. The Morgan fingerprint density at radius 3 is 2.47 bits per heavy atom. The second kappa shape index (κ2) is 7.95. The number of amides is 1. The van der Waals surface area contributed by atoms with Gasteiger partial charge in [-0.1, -0.05) is 6.92 Å². The Balaban J connectivity index is 4.14. The van der Waals surface area contributed by atoms with Gasteiger partial charge in [0.1, 0.15) is 0 Å². The third kappa shape index (κ3) is 6.91. The number of thioether (sulfide) groups is 1. The molecule has 0 saturated heterocycles. The fourth-order valence-electron chi connectivity index (χ4n) is 1.63. The van der Waals surface area contributed by atoms with Gasteiger partial charge in [-0.25, -0.2) is 0 Å². The molecule has 5 heteroatoms. The van der Waals surface area contributed by atoms with Gasteiger partial charge in [-0.2, -0.15) is 11.8 Å². The van der Waals surface area contributed by atoms with Gasteiger partial charge >= 0.3 is 0 Å². The molecule has 0 aromatic heterocycles. The van der Waals surface area contributed by atoms with Gasteiger partial charge in [0.15, 0.2) is 0 Å². The summed E-state index contributed by atoms with van der Waals surface area (Å²) in [5.74, 6) is 0.557. The van der Waals surface area contributed by atoms with Crippen molar-refractivity contribution in [1.29, 1.82) is 0 Å². The number of hydrogen-bond acceptors (Lipinski definition) is 4. The number of rotatable bonds is 9. The molecular formula is C12H26N2O2S. The standard InChI is InChI=1S/C12H26N2O2S/c1-9(2)14-12(4,11(13)16)6-8-17-10(3)5-7-15/h9-10,14-15H,5-8H2,1-4H3,(H2,13,16). The van der Waals surface area contributed by atoms with Crippen molar-refractivity contribution >= 4 is 17.7 Å². The average Bonchev–Trinajstić information content (AvgIpc) is 2.16. The van der Waals surface area contributed by atoms with Gasteiger partial charge in [-0.05, 0) is 39.4 Å². The van der Waals surface area contributed by atoms with Gasteiger partial charge < -0.3 is 16.2 Å². The second-order valence-corrected chi connectivity index (χ2v) is 6.49. The summed E-state index contributed by atoms with van der Waals surface area (Å²) in [6.07, 6.45) is 1.50. The number of carbonyl (C=O) groups excluding carboxylic acids is 1. The third-order valence-corrected chi connectivity index (χ3v) is 3.94. The minimum Gasteiger partial charge on any atom is -0.396 e. The number of nitrogens with one attached hydrogen (secondary N) is 1. The quantitative estimate of drug-likeness (QED) is 0.582. The van der Waals surface area contributed by atoms with E-state index in [1.165, 1.54) is 0 Å². The number of aliphatic hydroxyl groups is 1. The van der Waals surface area contributed by atoms with Crippen molar-refractivity contribution in [2.45, 2.75) is 57.4 Å². The lowest BCUT2D eigenvalue weighted by molar-refractivity contribution is -0.124. The molecule has 0 spiro atoms. The van der Waals surface area contributed by atoms with Crippen LogP contribution in [0.25, 0.3) is 0 Å². The molecule has 0 saturated carbocycles. The van der Waals surface area contributed by atoms with E-state index in [4.69, 9.17) is 10.8 Å². The van der Waals surface area contributed by atoms with E-state index < -0.39 is 5.54 Å². The van der Waals surface area contributed by atoms with E-state index in [9.17, 15) is 4.79 Å².